The first-order valence-corrected chi connectivity index (χ1v) is 9.10. The van der Waals surface area contributed by atoms with Crippen LogP contribution in [0, 0.1) is 5.92 Å². The minimum absolute atomic E-state index is 0.114. The molecule has 2 aromatic heterocycles. The van der Waals surface area contributed by atoms with E-state index in [4.69, 9.17) is 0 Å². The molecule has 0 bridgehead atoms. The molecule has 0 aliphatic heterocycles. The summed E-state index contributed by atoms with van der Waals surface area (Å²) in [5.41, 5.74) is 0.962. The van der Waals surface area contributed by atoms with E-state index in [2.05, 4.69) is 33.6 Å². The topological polar surface area (TPSA) is 63.9 Å². The highest BCUT2D eigenvalue weighted by atomic mass is 32.2. The number of hydrogen-bond acceptors (Lipinski definition) is 5. The summed E-state index contributed by atoms with van der Waals surface area (Å²) in [6.07, 6.45) is 5.82. The van der Waals surface area contributed by atoms with Gasteiger partial charge >= 0.3 is 0 Å². The molecule has 1 aliphatic carbocycles. The number of pyridine rings is 1. The predicted octanol–water partition coefficient (Wildman–Crippen LogP) is 2.88. The van der Waals surface area contributed by atoms with Crippen LogP contribution in [0.15, 0.2) is 29.7 Å². The lowest BCUT2D eigenvalue weighted by molar-refractivity contribution is -0.128. The van der Waals surface area contributed by atoms with Crippen molar-refractivity contribution in [3.8, 4) is 11.4 Å². The molecule has 0 aromatic carbocycles. The number of rotatable bonds is 6. The lowest BCUT2D eigenvalue weighted by Gasteiger charge is -2.23. The lowest BCUT2D eigenvalue weighted by Crippen LogP contribution is -2.35. The molecule has 24 heavy (non-hydrogen) atoms. The van der Waals surface area contributed by atoms with Crippen LogP contribution in [0.2, 0.25) is 0 Å². The highest BCUT2D eigenvalue weighted by Crippen LogP contribution is 2.42. The third-order valence-corrected chi connectivity index (χ3v) is 5.51. The van der Waals surface area contributed by atoms with Gasteiger partial charge < -0.3 is 4.90 Å². The zero-order valence-electron chi connectivity index (χ0n) is 14.5. The van der Waals surface area contributed by atoms with Crippen molar-refractivity contribution in [1.82, 2.24) is 24.6 Å². The zero-order chi connectivity index (χ0) is 17.3. The van der Waals surface area contributed by atoms with Gasteiger partial charge in [0, 0.05) is 38.1 Å². The molecule has 1 aliphatic rings. The molecule has 1 saturated carbocycles. The first kappa shape index (κ1) is 17.0. The highest BCUT2D eigenvalue weighted by Gasteiger charge is 2.33. The Balaban J connectivity index is 1.94. The molecule has 128 valence electrons. The fraction of sp³-hybridized carbons (Fsp3) is 0.529. The molecule has 2 heterocycles. The first-order chi connectivity index (χ1) is 11.5. The monoisotopic (exact) mass is 345 g/mol. The molecule has 3 rings (SSSR count). The van der Waals surface area contributed by atoms with Crippen molar-refractivity contribution < 1.29 is 4.79 Å². The van der Waals surface area contributed by atoms with Crippen LogP contribution < -0.4 is 0 Å². The van der Waals surface area contributed by atoms with Gasteiger partial charge in [-0.3, -0.25) is 14.3 Å². The van der Waals surface area contributed by atoms with Crippen molar-refractivity contribution in [3.05, 3.63) is 24.5 Å². The number of hydrogen-bond donors (Lipinski definition) is 0. The fourth-order valence-electron chi connectivity index (χ4n) is 2.55. The van der Waals surface area contributed by atoms with E-state index in [1.54, 1.807) is 25.2 Å². The largest absolute Gasteiger partial charge is 0.348 e. The molecule has 7 heteroatoms. The molecule has 2 aromatic rings. The second-order valence-corrected chi connectivity index (χ2v) is 7.77. The van der Waals surface area contributed by atoms with Crippen molar-refractivity contribution in [1.29, 1.82) is 0 Å². The van der Waals surface area contributed by atoms with Gasteiger partial charge in [-0.2, -0.15) is 0 Å². The average molecular weight is 345 g/mol. The van der Waals surface area contributed by atoms with Gasteiger partial charge in [0.05, 0.1) is 5.25 Å². The first-order valence-electron chi connectivity index (χ1n) is 8.22. The summed E-state index contributed by atoms with van der Waals surface area (Å²) >= 11 is 1.52. The van der Waals surface area contributed by atoms with E-state index in [0.717, 1.165) is 29.4 Å². The van der Waals surface area contributed by atoms with E-state index in [0.29, 0.717) is 6.04 Å². The lowest BCUT2D eigenvalue weighted by atomic mass is 10.1. The SMILES string of the molecule is CC(C)[C@H](Sc1nnc(-c2cccnc2)n1C1CC1)C(=O)N(C)C. The quantitative estimate of drug-likeness (QED) is 0.753. The summed E-state index contributed by atoms with van der Waals surface area (Å²) in [5, 5.41) is 9.45. The Morgan fingerprint density at radius 2 is 2.08 bits per heavy atom. The fourth-order valence-corrected chi connectivity index (χ4v) is 3.80. The van der Waals surface area contributed by atoms with Gasteiger partial charge in [0.2, 0.25) is 5.91 Å². The van der Waals surface area contributed by atoms with Crippen LogP contribution in [0.1, 0.15) is 32.7 Å². The van der Waals surface area contributed by atoms with E-state index >= 15 is 0 Å². The number of aromatic nitrogens is 4. The Kier molecular flexibility index (Phi) is 4.89. The molecule has 1 amide bonds. The smallest absolute Gasteiger partial charge is 0.235 e. The Morgan fingerprint density at radius 3 is 2.62 bits per heavy atom. The van der Waals surface area contributed by atoms with Gasteiger partial charge in [-0.25, -0.2) is 0 Å². The third kappa shape index (κ3) is 3.45. The Morgan fingerprint density at radius 1 is 1.33 bits per heavy atom. The molecular weight excluding hydrogens is 322 g/mol. The summed E-state index contributed by atoms with van der Waals surface area (Å²) in [6.45, 7) is 4.14. The second kappa shape index (κ2) is 6.93. The molecular formula is C17H23N5OS. The standard InChI is InChI=1S/C17H23N5OS/c1-11(2)14(16(23)21(3)4)24-17-20-19-15(22(17)13-7-8-13)12-6-5-9-18-10-12/h5-6,9-11,13-14H,7-8H2,1-4H3/t14-/m0/s1. The van der Waals surface area contributed by atoms with Gasteiger partial charge in [-0.05, 0) is 30.9 Å². The summed E-state index contributed by atoms with van der Waals surface area (Å²) in [7, 11) is 3.59. The van der Waals surface area contributed by atoms with Gasteiger partial charge in [0.15, 0.2) is 11.0 Å². The normalized spacial score (nSPS) is 15.5. The Labute approximate surface area is 146 Å². The Bertz CT molecular complexity index is 709. The number of carbonyl (C=O) groups excluding carboxylic acids is 1. The third-order valence-electron chi connectivity index (χ3n) is 4.02. The molecule has 6 nitrogen and oxygen atoms in total. The van der Waals surface area contributed by atoms with Crippen LogP contribution in [-0.4, -0.2) is 49.9 Å². The van der Waals surface area contributed by atoms with Crippen LogP contribution in [0.4, 0.5) is 0 Å². The van der Waals surface area contributed by atoms with Gasteiger partial charge in [0.25, 0.3) is 0 Å². The molecule has 1 fully saturated rings. The maximum absolute atomic E-state index is 12.5. The molecule has 0 unspecified atom stereocenters. The van der Waals surface area contributed by atoms with Crippen LogP contribution in [-0.2, 0) is 4.79 Å². The Hall–Kier alpha value is -1.89. The molecule has 0 saturated heterocycles. The van der Waals surface area contributed by atoms with E-state index in [-0.39, 0.29) is 17.1 Å². The van der Waals surface area contributed by atoms with Crippen LogP contribution in [0.25, 0.3) is 11.4 Å². The van der Waals surface area contributed by atoms with Crippen LogP contribution >= 0.6 is 11.8 Å². The van der Waals surface area contributed by atoms with Crippen molar-refractivity contribution in [2.75, 3.05) is 14.1 Å². The highest BCUT2D eigenvalue weighted by molar-refractivity contribution is 8.00. The number of amides is 1. The van der Waals surface area contributed by atoms with E-state index < -0.39 is 0 Å². The maximum atomic E-state index is 12.5. The van der Waals surface area contributed by atoms with Crippen molar-refractivity contribution >= 4 is 17.7 Å². The van der Waals surface area contributed by atoms with Crippen LogP contribution in [0.5, 0.6) is 0 Å². The summed E-state index contributed by atoms with van der Waals surface area (Å²) < 4.78 is 2.18. The van der Waals surface area contributed by atoms with Gasteiger partial charge in [-0.15, -0.1) is 10.2 Å². The predicted molar refractivity (Wildman–Crippen MR) is 94.7 cm³/mol. The molecule has 0 radical (unpaired) electrons. The van der Waals surface area contributed by atoms with Gasteiger partial charge in [-0.1, -0.05) is 25.6 Å². The van der Waals surface area contributed by atoms with Crippen molar-refractivity contribution in [3.63, 3.8) is 0 Å². The molecule has 1 atom stereocenters. The van der Waals surface area contributed by atoms with E-state index in [1.807, 2.05) is 18.3 Å². The average Bonchev–Trinajstić information content (AvgIpc) is 3.32. The second-order valence-electron chi connectivity index (χ2n) is 6.66. The zero-order valence-corrected chi connectivity index (χ0v) is 15.3. The maximum Gasteiger partial charge on any atom is 0.235 e. The van der Waals surface area contributed by atoms with Crippen LogP contribution in [0.3, 0.4) is 0 Å². The number of carbonyl (C=O) groups is 1. The molecule has 0 N–H and O–H groups in total. The van der Waals surface area contributed by atoms with Crippen molar-refractivity contribution in [2.45, 2.75) is 43.1 Å². The van der Waals surface area contributed by atoms with E-state index in [1.165, 1.54) is 11.8 Å². The summed E-state index contributed by atoms with van der Waals surface area (Å²) in [4.78, 5) is 18.3. The van der Waals surface area contributed by atoms with E-state index in [9.17, 15) is 4.79 Å². The van der Waals surface area contributed by atoms with Gasteiger partial charge in [0.1, 0.15) is 0 Å². The number of nitrogens with zero attached hydrogens (tertiary/aromatic N) is 5. The minimum atomic E-state index is -0.163. The van der Waals surface area contributed by atoms with Crippen molar-refractivity contribution in [2.24, 2.45) is 5.92 Å². The number of thioether (sulfide) groups is 1. The molecule has 0 spiro atoms. The summed E-state index contributed by atoms with van der Waals surface area (Å²) in [6, 6.07) is 4.33. The summed E-state index contributed by atoms with van der Waals surface area (Å²) in [5.74, 6) is 1.17. The minimum Gasteiger partial charge on any atom is -0.348 e.